The van der Waals surface area contributed by atoms with Gasteiger partial charge >= 0.3 is 0 Å². The van der Waals surface area contributed by atoms with Crippen LogP contribution in [0.3, 0.4) is 0 Å². The van der Waals surface area contributed by atoms with Crippen LogP contribution in [0.4, 0.5) is 5.69 Å². The number of anilines is 1. The molecule has 0 unspecified atom stereocenters. The van der Waals surface area contributed by atoms with Crippen LogP contribution in [-0.2, 0) is 14.8 Å². The van der Waals surface area contributed by atoms with Crippen molar-refractivity contribution in [2.45, 2.75) is 12.8 Å². The van der Waals surface area contributed by atoms with E-state index in [-0.39, 0.29) is 28.9 Å². The molecular weight excluding hydrogens is 356 g/mol. The third-order valence-corrected chi connectivity index (χ3v) is 5.28. The third-order valence-electron chi connectivity index (χ3n) is 3.86. The van der Waals surface area contributed by atoms with Gasteiger partial charge in [0.1, 0.15) is 18.0 Å². The monoisotopic (exact) mass is 376 g/mol. The molecule has 0 N–H and O–H groups in total. The normalized spacial score (nSPS) is 14.6. The van der Waals surface area contributed by atoms with Gasteiger partial charge in [-0.15, -0.1) is 0 Å². The molecule has 1 aliphatic rings. The number of sulfonamides is 1. The Hall–Kier alpha value is -1.67. The number of amides is 1. The maximum Gasteiger partial charge on any atom is 0.243 e. The summed E-state index contributed by atoms with van der Waals surface area (Å²) in [6.07, 6.45) is 2.91. The number of nitrogens with zero attached hydrogens (tertiary/aromatic N) is 2. The quantitative estimate of drug-likeness (QED) is 0.756. The van der Waals surface area contributed by atoms with E-state index in [1.165, 1.54) is 26.4 Å². The van der Waals surface area contributed by atoms with Gasteiger partial charge in [0.2, 0.25) is 15.9 Å². The minimum absolute atomic E-state index is 0.216. The summed E-state index contributed by atoms with van der Waals surface area (Å²) in [5.74, 6) is 0.309. The van der Waals surface area contributed by atoms with Crippen LogP contribution in [0.15, 0.2) is 12.1 Å². The van der Waals surface area contributed by atoms with E-state index < -0.39 is 10.0 Å². The summed E-state index contributed by atoms with van der Waals surface area (Å²) in [5, 5.41) is 0.289. The molecule has 0 bridgehead atoms. The Balaban J connectivity index is 2.43. The molecule has 1 heterocycles. The van der Waals surface area contributed by atoms with Gasteiger partial charge in [-0.1, -0.05) is 11.6 Å². The zero-order valence-corrected chi connectivity index (χ0v) is 15.5. The van der Waals surface area contributed by atoms with E-state index in [2.05, 4.69) is 0 Å². The van der Waals surface area contributed by atoms with Gasteiger partial charge in [0, 0.05) is 25.2 Å². The average Bonchev–Trinajstić information content (AvgIpc) is 3.05. The van der Waals surface area contributed by atoms with E-state index in [9.17, 15) is 13.2 Å². The lowest BCUT2D eigenvalue weighted by atomic mass is 10.2. The summed E-state index contributed by atoms with van der Waals surface area (Å²) in [7, 11) is -0.870. The molecule has 2 rings (SSSR count). The number of hydrogen-bond donors (Lipinski definition) is 0. The van der Waals surface area contributed by atoms with E-state index in [0.717, 1.165) is 23.4 Å². The van der Waals surface area contributed by atoms with Gasteiger partial charge in [0.25, 0.3) is 0 Å². The molecule has 0 atom stereocenters. The van der Waals surface area contributed by atoms with Gasteiger partial charge in [0.15, 0.2) is 0 Å². The number of rotatable bonds is 6. The highest BCUT2D eigenvalue weighted by atomic mass is 35.5. The Morgan fingerprint density at radius 1 is 1.21 bits per heavy atom. The van der Waals surface area contributed by atoms with Crippen molar-refractivity contribution in [1.29, 1.82) is 0 Å². The molecule has 0 spiro atoms. The minimum atomic E-state index is -3.71. The highest BCUT2D eigenvalue weighted by Crippen LogP contribution is 2.39. The van der Waals surface area contributed by atoms with E-state index >= 15 is 0 Å². The first-order chi connectivity index (χ1) is 11.3. The van der Waals surface area contributed by atoms with Crippen LogP contribution in [0.5, 0.6) is 11.5 Å². The molecule has 134 valence electrons. The van der Waals surface area contributed by atoms with Gasteiger partial charge in [-0.05, 0) is 12.8 Å². The molecule has 0 aromatic heterocycles. The zero-order chi connectivity index (χ0) is 17.9. The highest BCUT2D eigenvalue weighted by Gasteiger charge is 2.28. The fraction of sp³-hybridized carbons (Fsp3) is 0.533. The number of carbonyl (C=O) groups excluding carboxylic acids is 1. The highest BCUT2D eigenvalue weighted by molar-refractivity contribution is 7.92. The van der Waals surface area contributed by atoms with Crippen LogP contribution in [0, 0.1) is 0 Å². The summed E-state index contributed by atoms with van der Waals surface area (Å²) >= 11 is 6.06. The smallest absolute Gasteiger partial charge is 0.243 e. The maximum absolute atomic E-state index is 12.4. The van der Waals surface area contributed by atoms with Gasteiger partial charge in [-0.3, -0.25) is 9.10 Å². The molecule has 0 radical (unpaired) electrons. The number of ether oxygens (including phenoxy) is 2. The van der Waals surface area contributed by atoms with Gasteiger partial charge in [-0.2, -0.15) is 0 Å². The molecule has 1 aliphatic heterocycles. The SMILES string of the molecule is COc1cc(N(CC(=O)N2CCCC2)S(C)(=O)=O)c(OC)cc1Cl. The first-order valence-corrected chi connectivity index (χ1v) is 9.67. The van der Waals surface area contributed by atoms with E-state index in [1.807, 2.05) is 0 Å². The second-order valence-corrected chi connectivity index (χ2v) is 7.83. The average molecular weight is 377 g/mol. The lowest BCUT2D eigenvalue weighted by Gasteiger charge is -2.26. The van der Waals surface area contributed by atoms with E-state index in [0.29, 0.717) is 18.8 Å². The molecule has 24 heavy (non-hydrogen) atoms. The van der Waals surface area contributed by atoms with Crippen LogP contribution >= 0.6 is 11.6 Å². The second-order valence-electron chi connectivity index (χ2n) is 5.52. The lowest BCUT2D eigenvalue weighted by molar-refractivity contribution is -0.128. The van der Waals surface area contributed by atoms with Crippen molar-refractivity contribution < 1.29 is 22.7 Å². The molecular formula is C15H21ClN2O5S. The van der Waals surface area contributed by atoms with Crippen LogP contribution in [0.2, 0.25) is 5.02 Å². The first kappa shape index (κ1) is 18.7. The molecule has 0 saturated carbocycles. The first-order valence-electron chi connectivity index (χ1n) is 7.45. The summed E-state index contributed by atoms with van der Waals surface area (Å²) < 4.78 is 35.9. The van der Waals surface area contributed by atoms with Crippen molar-refractivity contribution in [3.63, 3.8) is 0 Å². The number of likely N-dealkylation sites (tertiary alicyclic amines) is 1. The molecule has 7 nitrogen and oxygen atoms in total. The summed E-state index contributed by atoms with van der Waals surface area (Å²) in [6.45, 7) is 1.01. The minimum Gasteiger partial charge on any atom is -0.495 e. The van der Waals surface area contributed by atoms with Crippen LogP contribution in [0.1, 0.15) is 12.8 Å². The maximum atomic E-state index is 12.4. The lowest BCUT2D eigenvalue weighted by Crippen LogP contribution is -2.41. The number of hydrogen-bond acceptors (Lipinski definition) is 5. The van der Waals surface area contributed by atoms with Crippen molar-refractivity contribution in [1.82, 2.24) is 4.90 Å². The fourth-order valence-electron chi connectivity index (χ4n) is 2.61. The van der Waals surface area contributed by atoms with Gasteiger partial charge < -0.3 is 14.4 Å². The third kappa shape index (κ3) is 4.05. The fourth-order valence-corrected chi connectivity index (χ4v) is 3.69. The Labute approximate surface area is 147 Å². The molecule has 1 fully saturated rings. The van der Waals surface area contributed by atoms with Gasteiger partial charge in [0.05, 0.1) is 31.2 Å². The molecule has 1 amide bonds. The van der Waals surface area contributed by atoms with Gasteiger partial charge in [-0.25, -0.2) is 8.42 Å². The standard InChI is InChI=1S/C15H21ClN2O5S/c1-22-13-9-12(14(23-2)8-11(13)16)18(24(3,20)21)10-15(19)17-6-4-5-7-17/h8-9H,4-7,10H2,1-3H3. The number of benzene rings is 1. The number of methoxy groups -OCH3 is 2. The van der Waals surface area contributed by atoms with Crippen molar-refractivity contribution >= 4 is 33.2 Å². The Kier molecular flexibility index (Phi) is 5.82. The zero-order valence-electron chi connectivity index (χ0n) is 13.9. The molecule has 1 aromatic carbocycles. The molecule has 0 aliphatic carbocycles. The van der Waals surface area contributed by atoms with E-state index in [4.69, 9.17) is 21.1 Å². The predicted molar refractivity (Wildman–Crippen MR) is 92.6 cm³/mol. The number of carbonyl (C=O) groups is 1. The predicted octanol–water partition coefficient (Wildman–Crippen LogP) is 1.75. The van der Waals surface area contributed by atoms with Crippen molar-refractivity contribution in [2.75, 3.05) is 44.4 Å². The summed E-state index contributed by atoms with van der Waals surface area (Å²) in [5.41, 5.74) is 0.216. The number of halogens is 1. The molecule has 1 aromatic rings. The summed E-state index contributed by atoms with van der Waals surface area (Å²) in [6, 6.07) is 2.92. The molecule has 1 saturated heterocycles. The van der Waals surface area contributed by atoms with Crippen LogP contribution in [-0.4, -0.2) is 59.3 Å². The van der Waals surface area contributed by atoms with Crippen molar-refractivity contribution in [2.24, 2.45) is 0 Å². The summed E-state index contributed by atoms with van der Waals surface area (Å²) in [4.78, 5) is 14.1. The van der Waals surface area contributed by atoms with E-state index in [1.54, 1.807) is 4.90 Å². The van der Waals surface area contributed by atoms with Crippen LogP contribution < -0.4 is 13.8 Å². The van der Waals surface area contributed by atoms with Crippen molar-refractivity contribution in [3.8, 4) is 11.5 Å². The topological polar surface area (TPSA) is 76.2 Å². The largest absolute Gasteiger partial charge is 0.495 e. The Morgan fingerprint density at radius 2 is 1.79 bits per heavy atom. The Bertz CT molecular complexity index is 717. The Morgan fingerprint density at radius 3 is 2.29 bits per heavy atom. The second kappa shape index (κ2) is 7.48. The van der Waals surface area contributed by atoms with Crippen LogP contribution in [0.25, 0.3) is 0 Å². The van der Waals surface area contributed by atoms with Crippen molar-refractivity contribution in [3.05, 3.63) is 17.2 Å². The molecule has 9 heteroatoms.